The van der Waals surface area contributed by atoms with E-state index >= 15 is 0 Å². The summed E-state index contributed by atoms with van der Waals surface area (Å²) < 4.78 is 23.5. The van der Waals surface area contributed by atoms with Crippen molar-refractivity contribution in [2.45, 2.75) is 135 Å². The lowest BCUT2D eigenvalue weighted by Gasteiger charge is -2.52. The molecule has 2 fully saturated rings. The van der Waals surface area contributed by atoms with Crippen LogP contribution in [0.3, 0.4) is 0 Å². The Balaban J connectivity index is 2.40. The van der Waals surface area contributed by atoms with Crippen LogP contribution in [-0.2, 0) is 28.5 Å². The van der Waals surface area contributed by atoms with E-state index in [9.17, 15) is 35.1 Å². The number of aliphatic hydroxyl groups is 4. The minimum atomic E-state index is -1.72. The zero-order valence-electron chi connectivity index (χ0n) is 24.0. The van der Waals surface area contributed by atoms with Crippen LogP contribution in [0, 0.1) is 11.3 Å². The van der Waals surface area contributed by atoms with E-state index in [0.717, 1.165) is 19.3 Å². The highest BCUT2D eigenvalue weighted by Gasteiger charge is 2.55. The molecule has 2 saturated heterocycles. The van der Waals surface area contributed by atoms with Crippen molar-refractivity contribution in [3.05, 3.63) is 0 Å². The third-order valence-electron chi connectivity index (χ3n) is 8.34. The van der Waals surface area contributed by atoms with Gasteiger partial charge in [-0.3, -0.25) is 4.79 Å². The lowest BCUT2D eigenvalue weighted by molar-refractivity contribution is -0.334. The van der Waals surface area contributed by atoms with Crippen LogP contribution in [-0.4, -0.2) is 112 Å². The Bertz CT molecular complexity index is 781. The van der Waals surface area contributed by atoms with Crippen molar-refractivity contribution < 1.29 is 54.1 Å². The summed E-state index contributed by atoms with van der Waals surface area (Å²) in [6.45, 7) is 10.9. The number of nitrogens with one attached hydrogen (secondary N) is 1. The molecule has 0 saturated carbocycles. The fraction of sp³-hybridized carbons (Fsp3) is 0.926. The molecule has 1 amide bonds. The number of ether oxygens (including phenoxy) is 4. The zero-order chi connectivity index (χ0) is 29.5. The number of rotatable bonds is 14. The van der Waals surface area contributed by atoms with Gasteiger partial charge in [-0.15, -0.1) is 0 Å². The molecule has 0 aromatic rings. The van der Waals surface area contributed by atoms with Crippen LogP contribution >= 0.6 is 0 Å². The minimum Gasteiger partial charge on any atom is -0.479 e. The van der Waals surface area contributed by atoms with Gasteiger partial charge in [0.25, 0.3) is 0 Å². The fourth-order valence-corrected chi connectivity index (χ4v) is 5.61. The molecule has 2 aliphatic heterocycles. The normalized spacial score (nSPS) is 36.9. The number of carboxylic acids is 1. The van der Waals surface area contributed by atoms with Crippen LogP contribution in [0.2, 0.25) is 0 Å². The van der Waals surface area contributed by atoms with Crippen LogP contribution in [0.5, 0.6) is 0 Å². The lowest BCUT2D eigenvalue weighted by atomic mass is 9.71. The molecule has 2 aliphatic rings. The van der Waals surface area contributed by atoms with Gasteiger partial charge < -0.3 is 49.8 Å². The Morgan fingerprint density at radius 3 is 2.13 bits per heavy atom. The second kappa shape index (κ2) is 15.0. The van der Waals surface area contributed by atoms with E-state index < -0.39 is 85.1 Å². The van der Waals surface area contributed by atoms with E-state index in [-0.39, 0.29) is 12.5 Å². The maximum absolute atomic E-state index is 12.2. The van der Waals surface area contributed by atoms with Crippen molar-refractivity contribution in [2.75, 3.05) is 13.2 Å². The minimum absolute atomic E-state index is 0.136. The van der Waals surface area contributed by atoms with Gasteiger partial charge in [0.05, 0.1) is 25.4 Å². The quantitative estimate of drug-likeness (QED) is 0.174. The smallest absolute Gasteiger partial charge is 0.335 e. The number of aliphatic carboxylic acids is 1. The van der Waals surface area contributed by atoms with E-state index in [1.54, 1.807) is 0 Å². The average molecular weight is 564 g/mol. The molecule has 0 spiro atoms. The summed E-state index contributed by atoms with van der Waals surface area (Å²) in [5, 5.41) is 55.5. The van der Waals surface area contributed by atoms with E-state index in [4.69, 9.17) is 18.9 Å². The highest BCUT2D eigenvalue weighted by atomic mass is 16.7. The maximum atomic E-state index is 12.2. The van der Waals surface area contributed by atoms with Crippen molar-refractivity contribution in [1.29, 1.82) is 0 Å². The summed E-state index contributed by atoms with van der Waals surface area (Å²) in [5.41, 5.74) is -0.486. The predicted molar refractivity (Wildman–Crippen MR) is 140 cm³/mol. The van der Waals surface area contributed by atoms with Crippen molar-refractivity contribution in [1.82, 2.24) is 5.32 Å². The average Bonchev–Trinajstić information content (AvgIpc) is 2.89. The first-order valence-electron chi connectivity index (χ1n) is 14.1. The Labute approximate surface area is 231 Å². The summed E-state index contributed by atoms with van der Waals surface area (Å²) in [6, 6.07) is -0.933. The van der Waals surface area contributed by atoms with Gasteiger partial charge in [-0.25, -0.2) is 4.79 Å². The Kier molecular flexibility index (Phi) is 13.0. The molecule has 0 aromatic heterocycles. The van der Waals surface area contributed by atoms with Gasteiger partial charge in [-0.05, 0) is 24.2 Å². The Morgan fingerprint density at radius 2 is 1.64 bits per heavy atom. The van der Waals surface area contributed by atoms with E-state index in [1.165, 1.54) is 6.92 Å². The van der Waals surface area contributed by atoms with Crippen molar-refractivity contribution in [2.24, 2.45) is 11.3 Å². The molecule has 6 N–H and O–H groups in total. The van der Waals surface area contributed by atoms with Crippen LogP contribution in [0.4, 0.5) is 0 Å². The SMILES string of the molecule is CCCC(C)(CC)C1OC(CO)[C@@H](O)C(O[C@@H]2OC(C(=O)O)[C@@H](OCC(CC)CC)C(O)C2O)C1NC(C)=O. The second-order valence-corrected chi connectivity index (χ2v) is 11.1. The highest BCUT2D eigenvalue weighted by molar-refractivity contribution is 5.74. The molecule has 0 aliphatic carbocycles. The molecule has 39 heavy (non-hydrogen) atoms. The first-order chi connectivity index (χ1) is 18.4. The van der Waals surface area contributed by atoms with Crippen LogP contribution < -0.4 is 5.32 Å². The predicted octanol–water partition coefficient (Wildman–Crippen LogP) is 0.566. The molecule has 11 atom stereocenters. The molecule has 0 radical (unpaired) electrons. The van der Waals surface area contributed by atoms with Gasteiger partial charge in [0, 0.05) is 6.92 Å². The number of hydrogen-bond donors (Lipinski definition) is 6. The Morgan fingerprint density at radius 1 is 1.00 bits per heavy atom. The second-order valence-electron chi connectivity index (χ2n) is 11.1. The maximum Gasteiger partial charge on any atom is 0.335 e. The van der Waals surface area contributed by atoms with Crippen LogP contribution in [0.25, 0.3) is 0 Å². The summed E-state index contributed by atoms with van der Waals surface area (Å²) in [7, 11) is 0. The third kappa shape index (κ3) is 7.88. The fourth-order valence-electron chi connectivity index (χ4n) is 5.61. The van der Waals surface area contributed by atoms with E-state index in [0.29, 0.717) is 12.8 Å². The molecule has 12 heteroatoms. The van der Waals surface area contributed by atoms with Gasteiger partial charge in [0.1, 0.15) is 36.6 Å². The topological polar surface area (TPSA) is 184 Å². The van der Waals surface area contributed by atoms with E-state index in [1.807, 2.05) is 34.6 Å². The van der Waals surface area contributed by atoms with Gasteiger partial charge in [0.2, 0.25) is 5.91 Å². The van der Waals surface area contributed by atoms with Gasteiger partial charge >= 0.3 is 5.97 Å². The first kappa shape index (κ1) is 33.8. The van der Waals surface area contributed by atoms with Gasteiger partial charge in [-0.1, -0.05) is 53.9 Å². The number of aliphatic hydroxyl groups excluding tert-OH is 4. The summed E-state index contributed by atoms with van der Waals surface area (Å²) >= 11 is 0. The van der Waals surface area contributed by atoms with E-state index in [2.05, 4.69) is 5.32 Å². The molecular weight excluding hydrogens is 514 g/mol. The zero-order valence-corrected chi connectivity index (χ0v) is 24.0. The molecule has 2 heterocycles. The number of carboxylic acid groups (broad SMARTS) is 1. The van der Waals surface area contributed by atoms with Gasteiger partial charge in [0.15, 0.2) is 12.4 Å². The Hall–Kier alpha value is -1.38. The van der Waals surface area contributed by atoms with Crippen LogP contribution in [0.1, 0.15) is 73.6 Å². The largest absolute Gasteiger partial charge is 0.479 e. The number of carbonyl (C=O) groups is 2. The van der Waals surface area contributed by atoms with Crippen molar-refractivity contribution in [3.63, 3.8) is 0 Å². The monoisotopic (exact) mass is 563 g/mol. The molecule has 12 nitrogen and oxygen atoms in total. The van der Waals surface area contributed by atoms with Crippen molar-refractivity contribution >= 4 is 11.9 Å². The van der Waals surface area contributed by atoms with Gasteiger partial charge in [-0.2, -0.15) is 0 Å². The lowest BCUT2D eigenvalue weighted by Crippen LogP contribution is -2.70. The molecule has 228 valence electrons. The van der Waals surface area contributed by atoms with Crippen LogP contribution in [0.15, 0.2) is 0 Å². The third-order valence-corrected chi connectivity index (χ3v) is 8.34. The summed E-state index contributed by atoms with van der Waals surface area (Å²) in [4.78, 5) is 24.3. The molecule has 8 unspecified atom stereocenters. The summed E-state index contributed by atoms with van der Waals surface area (Å²) in [6.07, 6.45) is -8.84. The molecular formula is C27H49NO11. The first-order valence-corrected chi connectivity index (χ1v) is 14.1. The standard InChI is InChI=1S/C27H49NO11/c1-7-11-27(6,10-4)24-17(28-14(5)30)21(18(31)16(12-29)37-24)38-26-20(33)19(32)22(23(39-26)25(34)35)36-13-15(8-2)9-3/h15-24,26,29,31-33H,7-13H2,1-6H3,(H,28,30)(H,34,35)/t16?,17?,18-,19?,20?,21?,22+,23?,24?,26-,27?/m1/s1. The molecule has 0 bridgehead atoms. The molecule has 0 aromatic carbocycles. The summed E-state index contributed by atoms with van der Waals surface area (Å²) in [5.74, 6) is -1.70. The number of amides is 1. The number of carbonyl (C=O) groups excluding carboxylic acids is 1. The molecule has 2 rings (SSSR count). The number of hydrogen-bond acceptors (Lipinski definition) is 10. The highest BCUT2D eigenvalue weighted by Crippen LogP contribution is 2.41. The van der Waals surface area contributed by atoms with Crippen molar-refractivity contribution in [3.8, 4) is 0 Å².